The van der Waals surface area contributed by atoms with Crippen molar-refractivity contribution in [2.24, 2.45) is 0 Å². The minimum atomic E-state index is -0.746. The average Bonchev–Trinajstić information content (AvgIpc) is 3.21. The number of aromatic nitrogens is 3. The van der Waals surface area contributed by atoms with E-state index in [1.54, 1.807) is 31.4 Å². The van der Waals surface area contributed by atoms with E-state index in [1.165, 1.54) is 0 Å². The SMILES string of the molecule is CCNc1nc2c(ccc3[nH]c4cnc(OC(=O)OC(C)C)c(CC)c4c32)s1. The first-order chi connectivity index (χ1) is 13.5. The highest BCUT2D eigenvalue weighted by molar-refractivity contribution is 7.22. The van der Waals surface area contributed by atoms with E-state index in [0.717, 1.165) is 49.3 Å². The van der Waals surface area contributed by atoms with Crippen molar-refractivity contribution >= 4 is 54.6 Å². The highest BCUT2D eigenvalue weighted by Gasteiger charge is 2.20. The van der Waals surface area contributed by atoms with E-state index in [4.69, 9.17) is 14.5 Å². The quantitative estimate of drug-likeness (QED) is 0.447. The summed E-state index contributed by atoms with van der Waals surface area (Å²) >= 11 is 1.63. The Morgan fingerprint density at radius 1 is 1.25 bits per heavy atom. The lowest BCUT2D eigenvalue weighted by molar-refractivity contribution is 0.0713. The van der Waals surface area contributed by atoms with Gasteiger partial charge in [0.15, 0.2) is 5.13 Å². The van der Waals surface area contributed by atoms with Gasteiger partial charge in [-0.3, -0.25) is 0 Å². The third kappa shape index (κ3) is 3.13. The number of hydrogen-bond donors (Lipinski definition) is 2. The molecule has 0 aliphatic rings. The van der Waals surface area contributed by atoms with Gasteiger partial charge in [-0.25, -0.2) is 14.8 Å². The van der Waals surface area contributed by atoms with Crippen LogP contribution in [0.4, 0.5) is 9.93 Å². The molecule has 0 aliphatic carbocycles. The van der Waals surface area contributed by atoms with Gasteiger partial charge in [-0.15, -0.1) is 0 Å². The number of hydrogen-bond acceptors (Lipinski definition) is 7. The Morgan fingerprint density at radius 2 is 2.07 bits per heavy atom. The van der Waals surface area contributed by atoms with Crippen molar-refractivity contribution in [2.45, 2.75) is 40.2 Å². The lowest BCUT2D eigenvalue weighted by Crippen LogP contribution is -2.17. The Bertz CT molecular complexity index is 1180. The van der Waals surface area contributed by atoms with Crippen LogP contribution in [0.1, 0.15) is 33.3 Å². The van der Waals surface area contributed by atoms with E-state index >= 15 is 0 Å². The number of aryl methyl sites for hydroxylation is 1. The molecule has 0 saturated carbocycles. The highest BCUT2D eigenvalue weighted by atomic mass is 32.1. The highest BCUT2D eigenvalue weighted by Crippen LogP contribution is 2.39. The first-order valence-corrected chi connectivity index (χ1v) is 10.2. The Kier molecular flexibility index (Phi) is 4.80. The molecular formula is C20H22N4O3S. The molecule has 8 heteroatoms. The zero-order chi connectivity index (χ0) is 19.8. The van der Waals surface area contributed by atoms with Crippen LogP contribution in [0.25, 0.3) is 32.0 Å². The molecule has 7 nitrogen and oxygen atoms in total. The Hall–Kier alpha value is -2.87. The summed E-state index contributed by atoms with van der Waals surface area (Å²) in [7, 11) is 0. The van der Waals surface area contributed by atoms with Crippen molar-refractivity contribution < 1.29 is 14.3 Å². The number of H-pyrrole nitrogens is 1. The monoisotopic (exact) mass is 398 g/mol. The number of thiazole rings is 1. The molecule has 4 aromatic rings. The van der Waals surface area contributed by atoms with E-state index in [1.807, 2.05) is 13.8 Å². The molecule has 28 heavy (non-hydrogen) atoms. The molecule has 0 atom stereocenters. The van der Waals surface area contributed by atoms with Crippen LogP contribution in [0.15, 0.2) is 18.3 Å². The molecule has 0 bridgehead atoms. The number of nitrogens with one attached hydrogen (secondary N) is 2. The standard InChI is InChI=1S/C20H22N4O3S/c1-5-11-15-13(9-22-18(11)27-20(25)26-10(3)4)23-12-7-8-14-17(16(12)15)24-19(28-14)21-6-2/h7-10,23H,5-6H2,1-4H3,(H,21,24). The summed E-state index contributed by atoms with van der Waals surface area (Å²) in [4.78, 5) is 24.6. The second kappa shape index (κ2) is 7.27. The van der Waals surface area contributed by atoms with Crippen LogP contribution in [0.3, 0.4) is 0 Å². The second-order valence-corrected chi connectivity index (χ2v) is 7.74. The molecule has 0 radical (unpaired) electrons. The molecule has 2 N–H and O–H groups in total. The fourth-order valence-corrected chi connectivity index (χ4v) is 4.29. The van der Waals surface area contributed by atoms with Gasteiger partial charge in [-0.1, -0.05) is 18.3 Å². The van der Waals surface area contributed by atoms with Crippen molar-refractivity contribution in [3.63, 3.8) is 0 Å². The molecule has 3 heterocycles. The van der Waals surface area contributed by atoms with E-state index < -0.39 is 6.16 Å². The van der Waals surface area contributed by atoms with Gasteiger partial charge in [-0.05, 0) is 39.3 Å². The number of carbonyl (C=O) groups excluding carboxylic acids is 1. The smallest absolute Gasteiger partial charge is 0.431 e. The maximum absolute atomic E-state index is 12.0. The average molecular weight is 398 g/mol. The van der Waals surface area contributed by atoms with Gasteiger partial charge in [0.25, 0.3) is 0 Å². The second-order valence-electron chi connectivity index (χ2n) is 6.71. The summed E-state index contributed by atoms with van der Waals surface area (Å²) in [6, 6.07) is 4.13. The summed E-state index contributed by atoms with van der Waals surface area (Å²) in [5, 5.41) is 6.18. The number of pyridine rings is 1. The van der Waals surface area contributed by atoms with Gasteiger partial charge >= 0.3 is 6.16 Å². The van der Waals surface area contributed by atoms with E-state index in [2.05, 4.69) is 27.4 Å². The predicted octanol–water partition coefficient (Wildman–Crippen LogP) is 5.24. The summed E-state index contributed by atoms with van der Waals surface area (Å²) in [5.41, 5.74) is 3.66. The molecule has 0 saturated heterocycles. The molecule has 0 fully saturated rings. The summed E-state index contributed by atoms with van der Waals surface area (Å²) in [5.74, 6) is 0.278. The van der Waals surface area contributed by atoms with Crippen LogP contribution in [-0.2, 0) is 11.2 Å². The molecule has 3 aromatic heterocycles. The van der Waals surface area contributed by atoms with Gasteiger partial charge in [0.05, 0.1) is 28.0 Å². The van der Waals surface area contributed by atoms with E-state index in [0.29, 0.717) is 6.42 Å². The predicted molar refractivity (Wildman–Crippen MR) is 113 cm³/mol. The Labute approximate surface area is 166 Å². The molecule has 0 aliphatic heterocycles. The Balaban J connectivity index is 1.94. The van der Waals surface area contributed by atoms with Crippen molar-refractivity contribution in [3.8, 4) is 5.88 Å². The lowest BCUT2D eigenvalue weighted by Gasteiger charge is -2.11. The topological polar surface area (TPSA) is 89.1 Å². The minimum absolute atomic E-state index is 0.256. The van der Waals surface area contributed by atoms with Gasteiger partial charge in [0.1, 0.15) is 0 Å². The number of nitrogens with zero attached hydrogens (tertiary/aromatic N) is 2. The summed E-state index contributed by atoms with van der Waals surface area (Å²) < 4.78 is 11.6. The summed E-state index contributed by atoms with van der Waals surface area (Å²) in [6.45, 7) is 8.44. The van der Waals surface area contributed by atoms with E-state index in [9.17, 15) is 4.79 Å². The molecule has 4 rings (SSSR count). The first kappa shape index (κ1) is 18.5. The Morgan fingerprint density at radius 3 is 2.79 bits per heavy atom. The van der Waals surface area contributed by atoms with Crippen LogP contribution in [0.5, 0.6) is 5.88 Å². The number of ether oxygens (including phenoxy) is 2. The fourth-order valence-electron chi connectivity index (χ4n) is 3.35. The van der Waals surface area contributed by atoms with Crippen LogP contribution in [0.2, 0.25) is 0 Å². The fraction of sp³-hybridized carbons (Fsp3) is 0.350. The number of benzene rings is 1. The number of anilines is 1. The number of carbonyl (C=O) groups is 1. The van der Waals surface area contributed by atoms with Gasteiger partial charge in [0, 0.05) is 28.4 Å². The van der Waals surface area contributed by atoms with Crippen LogP contribution in [-0.4, -0.2) is 33.8 Å². The zero-order valence-corrected chi connectivity index (χ0v) is 17.1. The number of rotatable bonds is 5. The van der Waals surface area contributed by atoms with Crippen molar-refractivity contribution in [1.82, 2.24) is 15.0 Å². The van der Waals surface area contributed by atoms with Crippen molar-refractivity contribution in [1.29, 1.82) is 0 Å². The number of aromatic amines is 1. The van der Waals surface area contributed by atoms with Crippen LogP contribution in [0, 0.1) is 0 Å². The van der Waals surface area contributed by atoms with Crippen LogP contribution < -0.4 is 10.1 Å². The van der Waals surface area contributed by atoms with Crippen molar-refractivity contribution in [3.05, 3.63) is 23.9 Å². The largest absolute Gasteiger partial charge is 0.515 e. The lowest BCUT2D eigenvalue weighted by atomic mass is 10.1. The maximum Gasteiger partial charge on any atom is 0.515 e. The molecule has 0 amide bonds. The van der Waals surface area contributed by atoms with Crippen LogP contribution >= 0.6 is 11.3 Å². The van der Waals surface area contributed by atoms with Gasteiger partial charge in [0.2, 0.25) is 5.88 Å². The molecule has 146 valence electrons. The minimum Gasteiger partial charge on any atom is -0.431 e. The summed E-state index contributed by atoms with van der Waals surface area (Å²) in [6.07, 6.45) is 1.34. The third-order valence-corrected chi connectivity index (χ3v) is 5.39. The van der Waals surface area contributed by atoms with E-state index in [-0.39, 0.29) is 12.0 Å². The third-order valence-electron chi connectivity index (χ3n) is 4.41. The molecular weight excluding hydrogens is 376 g/mol. The van der Waals surface area contributed by atoms with Gasteiger partial charge < -0.3 is 19.8 Å². The normalized spacial score (nSPS) is 11.6. The maximum atomic E-state index is 12.0. The van der Waals surface area contributed by atoms with Gasteiger partial charge in [-0.2, -0.15) is 0 Å². The first-order valence-electron chi connectivity index (χ1n) is 9.36. The molecule has 1 aromatic carbocycles. The number of fused-ring (bicyclic) bond motifs is 5. The zero-order valence-electron chi connectivity index (χ0n) is 16.3. The molecule has 0 unspecified atom stereocenters. The van der Waals surface area contributed by atoms with Crippen molar-refractivity contribution in [2.75, 3.05) is 11.9 Å². The molecule has 0 spiro atoms.